The third-order valence-electron chi connectivity index (χ3n) is 3.86. The van der Waals surface area contributed by atoms with Crippen LogP contribution in [-0.2, 0) is 0 Å². The van der Waals surface area contributed by atoms with Crippen LogP contribution in [0.15, 0.2) is 42.5 Å². The number of aliphatic hydroxyl groups is 1. The predicted octanol–water partition coefficient (Wildman–Crippen LogP) is 4.51. The Morgan fingerprint density at radius 2 is 1.42 bits per heavy atom. The van der Waals surface area contributed by atoms with Gasteiger partial charge in [0.1, 0.15) is 6.10 Å². The van der Waals surface area contributed by atoms with Crippen LogP contribution in [0.1, 0.15) is 53.7 Å². The standard InChI is InChI=1S/C18H22O/c1-12(2)15-8-10-16(11-9-15)18(19)17-7-5-6-13(3)14(17)4/h5-12,18-19H,1-4H3. The molecule has 19 heavy (non-hydrogen) atoms. The molecule has 0 spiro atoms. The molecule has 0 aliphatic carbocycles. The normalized spacial score (nSPS) is 12.7. The zero-order valence-corrected chi connectivity index (χ0v) is 12.1. The highest BCUT2D eigenvalue weighted by molar-refractivity contribution is 5.40. The molecule has 0 radical (unpaired) electrons. The van der Waals surface area contributed by atoms with Gasteiger partial charge in [-0.25, -0.2) is 0 Å². The minimum atomic E-state index is -0.541. The van der Waals surface area contributed by atoms with Crippen LogP contribution in [-0.4, -0.2) is 5.11 Å². The van der Waals surface area contributed by atoms with Gasteiger partial charge in [0.05, 0.1) is 0 Å². The van der Waals surface area contributed by atoms with E-state index in [-0.39, 0.29) is 0 Å². The second-order valence-electron chi connectivity index (χ2n) is 5.51. The van der Waals surface area contributed by atoms with E-state index in [0.29, 0.717) is 5.92 Å². The van der Waals surface area contributed by atoms with Crippen molar-refractivity contribution in [3.05, 3.63) is 70.3 Å². The summed E-state index contributed by atoms with van der Waals surface area (Å²) in [7, 11) is 0. The lowest BCUT2D eigenvalue weighted by Crippen LogP contribution is -2.03. The SMILES string of the molecule is Cc1cccc(C(O)c2ccc(C(C)C)cc2)c1C. The summed E-state index contributed by atoms with van der Waals surface area (Å²) in [6.07, 6.45) is -0.541. The number of aryl methyl sites for hydroxylation is 1. The molecule has 0 aliphatic rings. The summed E-state index contributed by atoms with van der Waals surface area (Å²) in [6, 6.07) is 14.4. The first-order valence-electron chi connectivity index (χ1n) is 6.84. The molecular weight excluding hydrogens is 232 g/mol. The molecule has 0 fully saturated rings. The van der Waals surface area contributed by atoms with Crippen molar-refractivity contribution in [2.45, 2.75) is 39.7 Å². The van der Waals surface area contributed by atoms with E-state index < -0.39 is 6.10 Å². The predicted molar refractivity (Wildman–Crippen MR) is 80.5 cm³/mol. The van der Waals surface area contributed by atoms with Crippen LogP contribution in [0.25, 0.3) is 0 Å². The number of rotatable bonds is 3. The van der Waals surface area contributed by atoms with Crippen LogP contribution in [0.3, 0.4) is 0 Å². The van der Waals surface area contributed by atoms with Gasteiger partial charge in [0.2, 0.25) is 0 Å². The van der Waals surface area contributed by atoms with Gasteiger partial charge in [-0.2, -0.15) is 0 Å². The van der Waals surface area contributed by atoms with Gasteiger partial charge in [-0.3, -0.25) is 0 Å². The van der Waals surface area contributed by atoms with Crippen molar-refractivity contribution in [3.8, 4) is 0 Å². The van der Waals surface area contributed by atoms with Crippen molar-refractivity contribution in [3.63, 3.8) is 0 Å². The van der Waals surface area contributed by atoms with Crippen LogP contribution in [0.5, 0.6) is 0 Å². The van der Waals surface area contributed by atoms with Gasteiger partial charge >= 0.3 is 0 Å². The quantitative estimate of drug-likeness (QED) is 0.854. The van der Waals surface area contributed by atoms with E-state index in [0.717, 1.165) is 11.1 Å². The molecule has 1 N–H and O–H groups in total. The van der Waals surface area contributed by atoms with Crippen molar-refractivity contribution < 1.29 is 5.11 Å². The Hall–Kier alpha value is -1.60. The average molecular weight is 254 g/mol. The molecule has 1 nitrogen and oxygen atoms in total. The summed E-state index contributed by atoms with van der Waals surface area (Å²) in [5, 5.41) is 10.5. The van der Waals surface area contributed by atoms with Gasteiger partial charge in [0.15, 0.2) is 0 Å². The van der Waals surface area contributed by atoms with Gasteiger partial charge < -0.3 is 5.11 Å². The Labute approximate surface area is 115 Å². The lowest BCUT2D eigenvalue weighted by atomic mass is 9.93. The second kappa shape index (κ2) is 5.58. The molecule has 1 atom stereocenters. The molecule has 2 aromatic carbocycles. The van der Waals surface area contributed by atoms with E-state index in [9.17, 15) is 5.11 Å². The van der Waals surface area contributed by atoms with E-state index in [2.05, 4.69) is 45.9 Å². The van der Waals surface area contributed by atoms with E-state index in [1.807, 2.05) is 24.3 Å². The molecule has 1 unspecified atom stereocenters. The van der Waals surface area contributed by atoms with Crippen molar-refractivity contribution >= 4 is 0 Å². The number of benzene rings is 2. The van der Waals surface area contributed by atoms with Gasteiger partial charge in [0.25, 0.3) is 0 Å². The lowest BCUT2D eigenvalue weighted by Gasteiger charge is -2.16. The fourth-order valence-electron chi connectivity index (χ4n) is 2.31. The molecular formula is C18H22O. The second-order valence-corrected chi connectivity index (χ2v) is 5.51. The minimum Gasteiger partial charge on any atom is -0.384 e. The first kappa shape index (κ1) is 13.8. The molecule has 2 aromatic rings. The molecule has 1 heteroatoms. The third-order valence-corrected chi connectivity index (χ3v) is 3.86. The molecule has 0 aromatic heterocycles. The first-order valence-corrected chi connectivity index (χ1v) is 6.84. The van der Waals surface area contributed by atoms with E-state index in [4.69, 9.17) is 0 Å². The third kappa shape index (κ3) is 2.87. The molecule has 2 rings (SSSR count). The van der Waals surface area contributed by atoms with Gasteiger partial charge in [0, 0.05) is 0 Å². The Bertz CT molecular complexity index is 552. The Kier molecular flexibility index (Phi) is 4.06. The van der Waals surface area contributed by atoms with Crippen molar-refractivity contribution in [2.24, 2.45) is 0 Å². The van der Waals surface area contributed by atoms with E-state index in [1.54, 1.807) is 0 Å². The highest BCUT2D eigenvalue weighted by Crippen LogP contribution is 2.27. The molecule has 0 aliphatic heterocycles. The summed E-state index contributed by atoms with van der Waals surface area (Å²) in [5.41, 5.74) is 5.64. The molecule has 100 valence electrons. The summed E-state index contributed by atoms with van der Waals surface area (Å²) >= 11 is 0. The zero-order chi connectivity index (χ0) is 14.0. The molecule has 0 amide bonds. The smallest absolute Gasteiger partial charge is 0.104 e. The first-order chi connectivity index (χ1) is 9.00. The molecule has 0 saturated heterocycles. The zero-order valence-electron chi connectivity index (χ0n) is 12.1. The Morgan fingerprint density at radius 1 is 0.842 bits per heavy atom. The average Bonchev–Trinajstić information content (AvgIpc) is 2.41. The fourth-order valence-corrected chi connectivity index (χ4v) is 2.31. The van der Waals surface area contributed by atoms with Crippen molar-refractivity contribution in [1.82, 2.24) is 0 Å². The van der Waals surface area contributed by atoms with Crippen LogP contribution in [0.2, 0.25) is 0 Å². The maximum absolute atomic E-state index is 10.5. The highest BCUT2D eigenvalue weighted by atomic mass is 16.3. The van der Waals surface area contributed by atoms with E-state index >= 15 is 0 Å². The summed E-state index contributed by atoms with van der Waals surface area (Å²) in [6.45, 7) is 8.50. The van der Waals surface area contributed by atoms with Crippen LogP contribution in [0.4, 0.5) is 0 Å². The number of aliphatic hydroxyl groups excluding tert-OH is 1. The summed E-state index contributed by atoms with van der Waals surface area (Å²) in [4.78, 5) is 0. The summed E-state index contributed by atoms with van der Waals surface area (Å²) in [5.74, 6) is 0.520. The monoisotopic (exact) mass is 254 g/mol. The topological polar surface area (TPSA) is 20.2 Å². The van der Waals surface area contributed by atoms with E-state index in [1.165, 1.54) is 16.7 Å². The minimum absolute atomic E-state index is 0.520. The number of hydrogen-bond donors (Lipinski definition) is 1. The number of hydrogen-bond acceptors (Lipinski definition) is 1. The van der Waals surface area contributed by atoms with Crippen LogP contribution in [0, 0.1) is 13.8 Å². The maximum Gasteiger partial charge on any atom is 0.104 e. The van der Waals surface area contributed by atoms with Gasteiger partial charge in [-0.05, 0) is 47.6 Å². The maximum atomic E-state index is 10.5. The van der Waals surface area contributed by atoms with Gasteiger partial charge in [-0.15, -0.1) is 0 Å². The highest BCUT2D eigenvalue weighted by Gasteiger charge is 2.13. The van der Waals surface area contributed by atoms with Crippen molar-refractivity contribution in [2.75, 3.05) is 0 Å². The van der Waals surface area contributed by atoms with Crippen LogP contribution < -0.4 is 0 Å². The summed E-state index contributed by atoms with van der Waals surface area (Å²) < 4.78 is 0. The molecule has 0 saturated carbocycles. The fraction of sp³-hybridized carbons (Fsp3) is 0.333. The van der Waals surface area contributed by atoms with Gasteiger partial charge in [-0.1, -0.05) is 56.3 Å². The Morgan fingerprint density at radius 3 is 2.00 bits per heavy atom. The largest absolute Gasteiger partial charge is 0.384 e. The Balaban J connectivity index is 2.33. The lowest BCUT2D eigenvalue weighted by molar-refractivity contribution is 0.219. The molecule has 0 bridgehead atoms. The molecule has 0 heterocycles. The van der Waals surface area contributed by atoms with Crippen molar-refractivity contribution in [1.29, 1.82) is 0 Å². The van der Waals surface area contributed by atoms with Crippen LogP contribution >= 0.6 is 0 Å².